The molecule has 0 heterocycles. The van der Waals surface area contributed by atoms with Gasteiger partial charge in [0.2, 0.25) is 0 Å². The van der Waals surface area contributed by atoms with Crippen molar-refractivity contribution in [3.63, 3.8) is 0 Å². The average Bonchev–Trinajstić information content (AvgIpc) is 2.70. The standard InChI is InChI=1S/C23H26N4O/c1-15-7-10-21(25)22(11-15)26-14-20(13-24)23(28)27-16(2)18-9-8-17-5-3-4-6-19(17)12-18/h7-12,14,16,26H,3-6,25H2,1-2H3,(H,27,28)/b20-14-. The second-order valence-electron chi connectivity index (χ2n) is 7.34. The molecule has 28 heavy (non-hydrogen) atoms. The van der Waals surface area contributed by atoms with E-state index in [-0.39, 0.29) is 11.6 Å². The fourth-order valence-corrected chi connectivity index (χ4v) is 3.47. The highest BCUT2D eigenvalue weighted by Crippen LogP contribution is 2.25. The van der Waals surface area contributed by atoms with Crippen LogP contribution in [0.25, 0.3) is 0 Å². The van der Waals surface area contributed by atoms with E-state index in [0.717, 1.165) is 24.0 Å². The maximum absolute atomic E-state index is 12.5. The van der Waals surface area contributed by atoms with Crippen LogP contribution in [0, 0.1) is 18.3 Å². The van der Waals surface area contributed by atoms with Crippen LogP contribution in [0.15, 0.2) is 48.2 Å². The molecular formula is C23H26N4O. The number of benzene rings is 2. The van der Waals surface area contributed by atoms with Crippen molar-refractivity contribution in [3.8, 4) is 6.07 Å². The Balaban J connectivity index is 1.69. The molecule has 0 aliphatic heterocycles. The highest BCUT2D eigenvalue weighted by molar-refractivity contribution is 5.97. The number of carbonyl (C=O) groups excluding carboxylic acids is 1. The SMILES string of the molecule is Cc1ccc(N)c(N/C=C(/C#N)C(=O)NC(C)c2ccc3c(c2)CCCC3)c1. The van der Waals surface area contributed by atoms with Gasteiger partial charge < -0.3 is 16.4 Å². The number of fused-ring (bicyclic) bond motifs is 1. The van der Waals surface area contributed by atoms with Gasteiger partial charge in [0.25, 0.3) is 5.91 Å². The summed E-state index contributed by atoms with van der Waals surface area (Å²) in [5.74, 6) is -0.411. The predicted octanol–water partition coefficient (Wildman–Crippen LogP) is 4.15. The van der Waals surface area contributed by atoms with Crippen LogP contribution < -0.4 is 16.4 Å². The maximum Gasteiger partial charge on any atom is 0.263 e. The monoisotopic (exact) mass is 374 g/mol. The summed E-state index contributed by atoms with van der Waals surface area (Å²) in [5, 5.41) is 15.3. The van der Waals surface area contributed by atoms with Crippen molar-refractivity contribution in [2.75, 3.05) is 11.1 Å². The normalized spacial score (nSPS) is 14.5. The number of nitrogens with zero attached hydrogens (tertiary/aromatic N) is 1. The van der Waals surface area contributed by atoms with E-state index >= 15 is 0 Å². The van der Waals surface area contributed by atoms with E-state index in [9.17, 15) is 10.1 Å². The summed E-state index contributed by atoms with van der Waals surface area (Å²) < 4.78 is 0. The van der Waals surface area contributed by atoms with Crippen molar-refractivity contribution < 1.29 is 4.79 Å². The summed E-state index contributed by atoms with van der Waals surface area (Å²) in [5.41, 5.74) is 12.0. The van der Waals surface area contributed by atoms with Gasteiger partial charge in [0, 0.05) is 6.20 Å². The minimum atomic E-state index is -0.411. The molecule has 0 radical (unpaired) electrons. The third kappa shape index (κ3) is 4.52. The number of aryl methyl sites for hydroxylation is 3. The Bertz CT molecular complexity index is 956. The Morgan fingerprint density at radius 2 is 1.93 bits per heavy atom. The number of hydrogen-bond donors (Lipinski definition) is 3. The third-order valence-corrected chi connectivity index (χ3v) is 5.17. The van der Waals surface area contributed by atoms with Crippen molar-refractivity contribution in [1.82, 2.24) is 5.32 Å². The van der Waals surface area contributed by atoms with Crippen LogP contribution in [-0.2, 0) is 17.6 Å². The lowest BCUT2D eigenvalue weighted by Gasteiger charge is -2.20. The Morgan fingerprint density at radius 3 is 2.68 bits per heavy atom. The van der Waals surface area contributed by atoms with Gasteiger partial charge in [0.05, 0.1) is 17.4 Å². The summed E-state index contributed by atoms with van der Waals surface area (Å²) in [4.78, 5) is 12.5. The molecule has 1 unspecified atom stereocenters. The van der Waals surface area contributed by atoms with E-state index in [1.807, 2.05) is 32.0 Å². The van der Waals surface area contributed by atoms with Gasteiger partial charge in [0.15, 0.2) is 0 Å². The molecule has 0 spiro atoms. The van der Waals surface area contributed by atoms with Gasteiger partial charge in [-0.2, -0.15) is 5.26 Å². The molecule has 0 saturated carbocycles. The molecule has 0 saturated heterocycles. The van der Waals surface area contributed by atoms with Gasteiger partial charge >= 0.3 is 0 Å². The first-order chi connectivity index (χ1) is 13.5. The first-order valence-corrected chi connectivity index (χ1v) is 9.63. The van der Waals surface area contributed by atoms with Crippen LogP contribution in [-0.4, -0.2) is 5.91 Å². The zero-order valence-corrected chi connectivity index (χ0v) is 16.4. The zero-order valence-electron chi connectivity index (χ0n) is 16.4. The number of carbonyl (C=O) groups is 1. The molecule has 0 fully saturated rings. The zero-order chi connectivity index (χ0) is 20.1. The van der Waals surface area contributed by atoms with E-state index < -0.39 is 5.91 Å². The highest BCUT2D eigenvalue weighted by Gasteiger charge is 2.16. The predicted molar refractivity (Wildman–Crippen MR) is 113 cm³/mol. The van der Waals surface area contributed by atoms with E-state index in [1.165, 1.54) is 30.2 Å². The van der Waals surface area contributed by atoms with Crippen molar-refractivity contribution >= 4 is 17.3 Å². The van der Waals surface area contributed by atoms with E-state index in [1.54, 1.807) is 6.07 Å². The summed E-state index contributed by atoms with van der Waals surface area (Å²) in [6.45, 7) is 3.88. The molecule has 3 rings (SSSR count). The lowest BCUT2D eigenvalue weighted by Crippen LogP contribution is -2.28. The summed E-state index contributed by atoms with van der Waals surface area (Å²) >= 11 is 0. The fourth-order valence-electron chi connectivity index (χ4n) is 3.47. The number of rotatable bonds is 5. The molecule has 4 N–H and O–H groups in total. The van der Waals surface area contributed by atoms with E-state index in [4.69, 9.17) is 5.73 Å². The van der Waals surface area contributed by atoms with Crippen molar-refractivity contribution in [2.45, 2.75) is 45.6 Å². The quantitative estimate of drug-likeness (QED) is 0.416. The van der Waals surface area contributed by atoms with Gasteiger partial charge in [-0.15, -0.1) is 0 Å². The number of nitrogens with one attached hydrogen (secondary N) is 2. The molecular weight excluding hydrogens is 348 g/mol. The van der Waals surface area contributed by atoms with E-state index in [0.29, 0.717) is 11.4 Å². The van der Waals surface area contributed by atoms with Crippen LogP contribution in [0.2, 0.25) is 0 Å². The smallest absolute Gasteiger partial charge is 0.263 e. The summed E-state index contributed by atoms with van der Waals surface area (Å²) in [6, 6.07) is 13.8. The van der Waals surface area contributed by atoms with Crippen LogP contribution >= 0.6 is 0 Å². The van der Waals surface area contributed by atoms with E-state index in [2.05, 4.69) is 28.8 Å². The second kappa shape index (κ2) is 8.62. The Labute approximate surface area is 166 Å². The largest absolute Gasteiger partial charge is 0.397 e. The van der Waals surface area contributed by atoms with Crippen LogP contribution in [0.3, 0.4) is 0 Å². The number of nitriles is 1. The van der Waals surface area contributed by atoms with Crippen molar-refractivity contribution in [2.24, 2.45) is 0 Å². The molecule has 1 atom stereocenters. The average molecular weight is 374 g/mol. The molecule has 5 heteroatoms. The molecule has 2 aromatic carbocycles. The molecule has 5 nitrogen and oxygen atoms in total. The number of hydrogen-bond acceptors (Lipinski definition) is 4. The number of nitrogens with two attached hydrogens (primary N) is 1. The summed E-state index contributed by atoms with van der Waals surface area (Å²) in [6.07, 6.45) is 6.08. The minimum absolute atomic E-state index is 0.00529. The molecule has 144 valence electrons. The van der Waals surface area contributed by atoms with Gasteiger partial charge in [0.1, 0.15) is 11.6 Å². The third-order valence-electron chi connectivity index (χ3n) is 5.17. The second-order valence-corrected chi connectivity index (χ2v) is 7.34. The number of nitrogen functional groups attached to an aromatic ring is 1. The van der Waals surface area contributed by atoms with Crippen molar-refractivity contribution in [1.29, 1.82) is 5.26 Å². The Hall–Kier alpha value is -3.26. The number of amides is 1. The molecule has 1 amide bonds. The van der Waals surface area contributed by atoms with Gasteiger partial charge in [-0.3, -0.25) is 4.79 Å². The molecule has 1 aliphatic rings. The van der Waals surface area contributed by atoms with Gasteiger partial charge in [-0.25, -0.2) is 0 Å². The lowest BCUT2D eigenvalue weighted by atomic mass is 9.89. The van der Waals surface area contributed by atoms with Crippen LogP contribution in [0.4, 0.5) is 11.4 Å². The Kier molecular flexibility index (Phi) is 6.00. The number of anilines is 2. The topological polar surface area (TPSA) is 90.9 Å². The molecule has 0 aromatic heterocycles. The van der Waals surface area contributed by atoms with Crippen molar-refractivity contribution in [3.05, 3.63) is 70.4 Å². The summed E-state index contributed by atoms with van der Waals surface area (Å²) in [7, 11) is 0. The van der Waals surface area contributed by atoms with Gasteiger partial charge in [-0.1, -0.05) is 24.3 Å². The first-order valence-electron chi connectivity index (χ1n) is 9.63. The van der Waals surface area contributed by atoms with Crippen LogP contribution in [0.5, 0.6) is 0 Å². The Morgan fingerprint density at radius 1 is 1.18 bits per heavy atom. The van der Waals surface area contributed by atoms with Gasteiger partial charge in [-0.05, 0) is 73.9 Å². The molecule has 1 aliphatic carbocycles. The van der Waals surface area contributed by atoms with Crippen LogP contribution in [0.1, 0.15) is 48.1 Å². The molecule has 0 bridgehead atoms. The minimum Gasteiger partial charge on any atom is -0.397 e. The maximum atomic E-state index is 12.5. The first kappa shape index (κ1) is 19.5. The molecule has 2 aromatic rings. The lowest BCUT2D eigenvalue weighted by molar-refractivity contribution is -0.117. The highest BCUT2D eigenvalue weighted by atomic mass is 16.1. The fraction of sp³-hybridized carbons (Fsp3) is 0.304.